The van der Waals surface area contributed by atoms with Gasteiger partial charge >= 0.3 is 0 Å². The molecular formula is C12H16ClNO. The van der Waals surface area contributed by atoms with Gasteiger partial charge < -0.3 is 10.1 Å². The molecule has 0 heterocycles. The second-order valence-corrected chi connectivity index (χ2v) is 3.77. The van der Waals surface area contributed by atoms with Gasteiger partial charge in [0.05, 0.1) is 13.2 Å². The quantitative estimate of drug-likeness (QED) is 0.721. The molecule has 0 saturated carbocycles. The van der Waals surface area contributed by atoms with Gasteiger partial charge in [0.25, 0.3) is 0 Å². The minimum Gasteiger partial charge on any atom is -0.375 e. The van der Waals surface area contributed by atoms with E-state index < -0.39 is 0 Å². The maximum absolute atomic E-state index is 5.59. The van der Waals surface area contributed by atoms with Crippen LogP contribution in [0.1, 0.15) is 5.56 Å². The van der Waals surface area contributed by atoms with Gasteiger partial charge in [0.2, 0.25) is 0 Å². The Morgan fingerprint density at radius 1 is 1.33 bits per heavy atom. The third-order valence-electron chi connectivity index (χ3n) is 1.85. The first-order valence-electron chi connectivity index (χ1n) is 4.94. The smallest absolute Gasteiger partial charge is 0.0717 e. The molecule has 0 unspecified atom stereocenters. The van der Waals surface area contributed by atoms with Crippen LogP contribution in [0.3, 0.4) is 0 Å². The summed E-state index contributed by atoms with van der Waals surface area (Å²) >= 11 is 5.59. The summed E-state index contributed by atoms with van der Waals surface area (Å²) < 4.78 is 5.47. The summed E-state index contributed by atoms with van der Waals surface area (Å²) in [6.45, 7) is 6.34. The second kappa shape index (κ2) is 7.46. The maximum Gasteiger partial charge on any atom is 0.0717 e. The average molecular weight is 226 g/mol. The van der Waals surface area contributed by atoms with Crippen LogP contribution in [-0.2, 0) is 11.3 Å². The summed E-state index contributed by atoms with van der Waals surface area (Å²) in [6, 6.07) is 10.1. The Labute approximate surface area is 95.9 Å². The summed E-state index contributed by atoms with van der Waals surface area (Å²) in [5, 5.41) is 3.74. The molecule has 0 saturated heterocycles. The van der Waals surface area contributed by atoms with Crippen molar-refractivity contribution < 1.29 is 4.74 Å². The van der Waals surface area contributed by atoms with Crippen molar-refractivity contribution in [3.8, 4) is 0 Å². The van der Waals surface area contributed by atoms with E-state index in [1.54, 1.807) is 0 Å². The van der Waals surface area contributed by atoms with E-state index >= 15 is 0 Å². The predicted molar refractivity (Wildman–Crippen MR) is 64.0 cm³/mol. The lowest BCUT2D eigenvalue weighted by Gasteiger charge is -2.05. The van der Waals surface area contributed by atoms with E-state index in [2.05, 4.69) is 11.9 Å². The molecule has 15 heavy (non-hydrogen) atoms. The van der Waals surface area contributed by atoms with Gasteiger partial charge in [-0.2, -0.15) is 0 Å². The van der Waals surface area contributed by atoms with Crippen molar-refractivity contribution in [3.05, 3.63) is 47.5 Å². The van der Waals surface area contributed by atoms with E-state index in [4.69, 9.17) is 16.3 Å². The molecule has 1 rings (SSSR count). The number of rotatable bonds is 7. The van der Waals surface area contributed by atoms with Gasteiger partial charge in [-0.15, -0.1) is 0 Å². The predicted octanol–water partition coefficient (Wildman–Crippen LogP) is 2.55. The lowest BCUT2D eigenvalue weighted by molar-refractivity contribution is 0.123. The Bertz CT molecular complexity index is 287. The number of ether oxygens (including phenoxy) is 1. The van der Waals surface area contributed by atoms with Crippen LogP contribution in [0, 0.1) is 0 Å². The van der Waals surface area contributed by atoms with Crippen LogP contribution < -0.4 is 5.32 Å². The monoisotopic (exact) mass is 225 g/mol. The number of hydrogen-bond acceptors (Lipinski definition) is 2. The first-order valence-corrected chi connectivity index (χ1v) is 5.32. The molecule has 0 aliphatic rings. The Balaban J connectivity index is 2.00. The molecule has 3 heteroatoms. The van der Waals surface area contributed by atoms with Crippen LogP contribution in [0.5, 0.6) is 0 Å². The van der Waals surface area contributed by atoms with E-state index in [1.807, 2.05) is 30.3 Å². The molecule has 0 aliphatic heterocycles. The maximum atomic E-state index is 5.59. The van der Waals surface area contributed by atoms with E-state index in [0.29, 0.717) is 24.8 Å². The molecule has 2 nitrogen and oxygen atoms in total. The first-order chi connectivity index (χ1) is 7.29. The number of hydrogen-bond donors (Lipinski definition) is 1. The van der Waals surface area contributed by atoms with Crippen LogP contribution in [0.2, 0.25) is 0 Å². The zero-order chi connectivity index (χ0) is 10.9. The molecule has 1 N–H and O–H groups in total. The van der Waals surface area contributed by atoms with Crippen LogP contribution in [0.4, 0.5) is 0 Å². The normalized spacial score (nSPS) is 10.2. The van der Waals surface area contributed by atoms with Crippen molar-refractivity contribution >= 4 is 11.6 Å². The highest BCUT2D eigenvalue weighted by Crippen LogP contribution is 1.99. The molecule has 1 aromatic carbocycles. The van der Waals surface area contributed by atoms with E-state index in [9.17, 15) is 0 Å². The van der Waals surface area contributed by atoms with E-state index in [0.717, 1.165) is 6.54 Å². The third-order valence-corrected chi connectivity index (χ3v) is 1.99. The van der Waals surface area contributed by atoms with Crippen molar-refractivity contribution in [1.29, 1.82) is 0 Å². The molecule has 0 radical (unpaired) electrons. The molecule has 82 valence electrons. The highest BCUT2D eigenvalue weighted by molar-refractivity contribution is 6.29. The van der Waals surface area contributed by atoms with Gasteiger partial charge in [0.1, 0.15) is 0 Å². The summed E-state index contributed by atoms with van der Waals surface area (Å²) in [7, 11) is 0. The molecule has 0 fully saturated rings. The number of halogens is 1. The summed E-state index contributed by atoms with van der Waals surface area (Å²) in [5.41, 5.74) is 1.19. The van der Waals surface area contributed by atoms with Crippen molar-refractivity contribution in [2.24, 2.45) is 0 Å². The molecule has 0 atom stereocenters. The van der Waals surface area contributed by atoms with Crippen molar-refractivity contribution in [2.45, 2.75) is 6.61 Å². The lowest BCUT2D eigenvalue weighted by atomic mass is 10.2. The van der Waals surface area contributed by atoms with Crippen LogP contribution >= 0.6 is 11.6 Å². The topological polar surface area (TPSA) is 21.3 Å². The highest BCUT2D eigenvalue weighted by Gasteiger charge is 1.92. The number of benzene rings is 1. The molecule has 0 bridgehead atoms. The minimum absolute atomic E-state index is 0.623. The second-order valence-electron chi connectivity index (χ2n) is 3.23. The average Bonchev–Trinajstić information content (AvgIpc) is 2.24. The fraction of sp³-hybridized carbons (Fsp3) is 0.333. The molecular weight excluding hydrogens is 210 g/mol. The Hall–Kier alpha value is -0.830. The molecule has 0 aromatic heterocycles. The summed E-state index contributed by atoms with van der Waals surface area (Å²) in [6.07, 6.45) is 0. The van der Waals surface area contributed by atoms with Gasteiger partial charge in [-0.1, -0.05) is 48.5 Å². The fourth-order valence-corrected chi connectivity index (χ4v) is 1.23. The van der Waals surface area contributed by atoms with Gasteiger partial charge in [-0.3, -0.25) is 0 Å². The number of nitrogens with one attached hydrogen (secondary N) is 1. The summed E-state index contributed by atoms with van der Waals surface area (Å²) in [4.78, 5) is 0. The standard InChI is InChI=1S/C12H16ClNO/c1-11(13)9-14-7-8-15-10-12-5-3-2-4-6-12/h2-6,14H,1,7-10H2. The van der Waals surface area contributed by atoms with Crippen molar-refractivity contribution in [3.63, 3.8) is 0 Å². The highest BCUT2D eigenvalue weighted by atomic mass is 35.5. The van der Waals surface area contributed by atoms with E-state index in [-0.39, 0.29) is 0 Å². The Kier molecular flexibility index (Phi) is 6.09. The first kappa shape index (κ1) is 12.2. The molecule has 0 amide bonds. The zero-order valence-electron chi connectivity index (χ0n) is 8.71. The Morgan fingerprint density at radius 2 is 2.07 bits per heavy atom. The Morgan fingerprint density at radius 3 is 2.73 bits per heavy atom. The van der Waals surface area contributed by atoms with Crippen LogP contribution in [-0.4, -0.2) is 19.7 Å². The van der Waals surface area contributed by atoms with Gasteiger partial charge in [0.15, 0.2) is 0 Å². The van der Waals surface area contributed by atoms with Gasteiger partial charge in [-0.05, 0) is 5.56 Å². The third kappa shape index (κ3) is 6.28. The lowest BCUT2D eigenvalue weighted by Crippen LogP contribution is -2.20. The van der Waals surface area contributed by atoms with Crippen LogP contribution in [0.25, 0.3) is 0 Å². The zero-order valence-corrected chi connectivity index (χ0v) is 9.46. The van der Waals surface area contributed by atoms with Gasteiger partial charge in [0, 0.05) is 18.1 Å². The summed E-state index contributed by atoms with van der Waals surface area (Å²) in [5.74, 6) is 0. The fourth-order valence-electron chi connectivity index (χ4n) is 1.13. The van der Waals surface area contributed by atoms with Crippen LogP contribution in [0.15, 0.2) is 41.9 Å². The largest absolute Gasteiger partial charge is 0.375 e. The SMILES string of the molecule is C=C(Cl)CNCCOCc1ccccc1. The molecule has 0 aliphatic carbocycles. The minimum atomic E-state index is 0.623. The van der Waals surface area contributed by atoms with E-state index in [1.165, 1.54) is 5.56 Å². The van der Waals surface area contributed by atoms with Crippen molar-refractivity contribution in [1.82, 2.24) is 5.32 Å². The molecule has 0 spiro atoms. The van der Waals surface area contributed by atoms with Gasteiger partial charge in [-0.25, -0.2) is 0 Å². The van der Waals surface area contributed by atoms with Crippen molar-refractivity contribution in [2.75, 3.05) is 19.7 Å². The molecule has 1 aromatic rings.